The summed E-state index contributed by atoms with van der Waals surface area (Å²) in [6, 6.07) is 0.700. The van der Waals surface area contributed by atoms with E-state index < -0.39 is 0 Å². The highest BCUT2D eigenvalue weighted by Gasteiger charge is 2.19. The summed E-state index contributed by atoms with van der Waals surface area (Å²) in [7, 11) is 9.70. The van der Waals surface area contributed by atoms with Crippen LogP contribution in [0.5, 0.6) is 0 Å². The van der Waals surface area contributed by atoms with Crippen LogP contribution >= 0.6 is 0 Å². The van der Waals surface area contributed by atoms with Crippen LogP contribution in [0, 0.1) is 0 Å². The Morgan fingerprint density at radius 3 is 1.31 bits per heavy atom. The fourth-order valence-corrected chi connectivity index (χ4v) is 7.11. The van der Waals surface area contributed by atoms with Gasteiger partial charge in [0.15, 0.2) is 0 Å². The van der Waals surface area contributed by atoms with E-state index in [1.165, 1.54) is 39.1 Å². The molecule has 0 spiro atoms. The van der Waals surface area contributed by atoms with Crippen molar-refractivity contribution >= 4 is 18.2 Å². The fraction of sp³-hybridized carbons (Fsp3) is 0.944. The molecule has 0 atom stereocenters. The molecule has 0 saturated carbocycles. The summed E-state index contributed by atoms with van der Waals surface area (Å²) in [4.78, 5) is 51.3. The van der Waals surface area contributed by atoms with Gasteiger partial charge in [0.05, 0.1) is 43.7 Å². The summed E-state index contributed by atoms with van der Waals surface area (Å²) in [5.41, 5.74) is 0. The second-order valence-electron chi connectivity index (χ2n) is 20.6. The molecule has 3 rings (SSSR count). The van der Waals surface area contributed by atoms with Gasteiger partial charge in [-0.15, -0.1) is 0 Å². The van der Waals surface area contributed by atoms with Crippen molar-refractivity contribution in [1.82, 2.24) is 39.2 Å². The lowest BCUT2D eigenvalue weighted by Crippen LogP contribution is -2.49. The topological polar surface area (TPSA) is 133 Å². The number of nitrogens with zero attached hydrogens (tertiary/aromatic N) is 8. The number of amides is 2. The van der Waals surface area contributed by atoms with Gasteiger partial charge < -0.3 is 57.8 Å². The normalized spacial score (nSPS) is 16.0. The van der Waals surface area contributed by atoms with Crippen molar-refractivity contribution in [1.29, 1.82) is 0 Å². The molecule has 3 aliphatic heterocycles. The molecule has 0 N–H and O–H groups in total. The molecule has 0 aromatic heterocycles. The number of carbonyl (C=O) groups excluding carboxylic acids is 3. The number of rotatable bonds is 24. The van der Waals surface area contributed by atoms with Gasteiger partial charge in [0, 0.05) is 131 Å². The molecule has 0 aliphatic carbocycles. The molecule has 426 valence electrons. The molecule has 0 aromatic carbocycles. The highest BCUT2D eigenvalue weighted by Crippen LogP contribution is 2.07. The van der Waals surface area contributed by atoms with Crippen LogP contribution < -0.4 is 0 Å². The Morgan fingerprint density at radius 1 is 0.507 bits per heavy atom. The molecule has 3 saturated heterocycles. The smallest absolute Gasteiger partial charge is 0.409 e. The largest absolute Gasteiger partial charge is 0.463 e. The quantitative estimate of drug-likeness (QED) is 0.0528. The number of morpholine rings is 1. The van der Waals surface area contributed by atoms with Crippen LogP contribution in [0.4, 0.5) is 9.59 Å². The van der Waals surface area contributed by atoms with E-state index in [2.05, 4.69) is 78.0 Å². The number of hydrogen-bond donors (Lipinski definition) is 0. The van der Waals surface area contributed by atoms with Crippen LogP contribution in [0.2, 0.25) is 0 Å². The lowest BCUT2D eigenvalue weighted by Gasteiger charge is -2.36. The van der Waals surface area contributed by atoms with Crippen molar-refractivity contribution in [2.75, 3.05) is 166 Å². The number of esters is 1. The summed E-state index contributed by atoms with van der Waals surface area (Å²) in [6.45, 7) is 47.1. The minimum atomic E-state index is -0.237. The molecule has 3 heterocycles. The molecule has 17 heteroatoms. The maximum Gasteiger partial charge on any atom is 0.409 e. The third kappa shape index (κ3) is 47.1. The van der Waals surface area contributed by atoms with Crippen LogP contribution in [0.3, 0.4) is 0 Å². The monoisotopic (exact) mass is 1020 g/mol. The SMILES string of the molecule is C.CC(C)OC(=O)CCCN1CCN(C)CC1.CC(C)OC(=O)N(C)CCCN(C)C.CC(C)OCCCN1CCN(C(C)C)CC1.CC(C)OCCCN1CCOCC1.CCCN(C)C(=O)OC(C)C. The van der Waals surface area contributed by atoms with Crippen LogP contribution in [0.25, 0.3) is 0 Å². The van der Waals surface area contributed by atoms with Gasteiger partial charge in [0.2, 0.25) is 0 Å². The Morgan fingerprint density at radius 2 is 0.915 bits per heavy atom. The summed E-state index contributed by atoms with van der Waals surface area (Å²) >= 11 is 0. The summed E-state index contributed by atoms with van der Waals surface area (Å²) in [5, 5.41) is 0. The molecular weight excluding hydrogens is 905 g/mol. The van der Waals surface area contributed by atoms with E-state index in [4.69, 9.17) is 28.4 Å². The van der Waals surface area contributed by atoms with Gasteiger partial charge in [-0.2, -0.15) is 0 Å². The Kier molecular flexibility index (Phi) is 47.4. The van der Waals surface area contributed by atoms with Gasteiger partial charge in [0.25, 0.3) is 0 Å². The zero-order valence-electron chi connectivity index (χ0n) is 48.6. The van der Waals surface area contributed by atoms with E-state index in [1.807, 2.05) is 62.6 Å². The van der Waals surface area contributed by atoms with Gasteiger partial charge in [-0.05, 0) is 149 Å². The van der Waals surface area contributed by atoms with E-state index in [9.17, 15) is 14.4 Å². The first kappa shape index (κ1) is 72.9. The fourth-order valence-electron chi connectivity index (χ4n) is 7.11. The van der Waals surface area contributed by atoms with Gasteiger partial charge in [-0.25, -0.2) is 9.59 Å². The zero-order valence-corrected chi connectivity index (χ0v) is 48.6. The molecule has 0 radical (unpaired) electrons. The van der Waals surface area contributed by atoms with Crippen molar-refractivity contribution in [2.45, 2.75) is 173 Å². The van der Waals surface area contributed by atoms with Crippen LogP contribution in [0.1, 0.15) is 136 Å². The Hall–Kier alpha value is -2.35. The van der Waals surface area contributed by atoms with Gasteiger partial charge in [0.1, 0.15) is 0 Å². The third-order valence-electron chi connectivity index (χ3n) is 11.2. The molecule has 0 unspecified atom stereocenters. The first-order valence-electron chi connectivity index (χ1n) is 27.0. The molecule has 71 heavy (non-hydrogen) atoms. The average molecular weight is 1020 g/mol. The lowest BCUT2D eigenvalue weighted by molar-refractivity contribution is -0.147. The van der Waals surface area contributed by atoms with Crippen LogP contribution in [0.15, 0.2) is 0 Å². The van der Waals surface area contributed by atoms with Gasteiger partial charge in [-0.3, -0.25) is 14.6 Å². The maximum absolute atomic E-state index is 11.3. The number of piperazine rings is 2. The average Bonchev–Trinajstić information content (AvgIpc) is 3.28. The van der Waals surface area contributed by atoms with Crippen molar-refractivity contribution in [3.63, 3.8) is 0 Å². The van der Waals surface area contributed by atoms with Crippen molar-refractivity contribution in [3.8, 4) is 0 Å². The lowest BCUT2D eigenvalue weighted by atomic mass is 10.2. The highest BCUT2D eigenvalue weighted by molar-refractivity contribution is 5.69. The molecule has 0 bridgehead atoms. The summed E-state index contributed by atoms with van der Waals surface area (Å²) in [5.74, 6) is -0.0656. The predicted molar refractivity (Wildman–Crippen MR) is 295 cm³/mol. The molecule has 3 fully saturated rings. The van der Waals surface area contributed by atoms with Crippen molar-refractivity contribution < 1.29 is 42.8 Å². The number of ether oxygens (including phenoxy) is 6. The maximum atomic E-state index is 11.3. The van der Waals surface area contributed by atoms with Gasteiger partial charge >= 0.3 is 18.2 Å². The minimum Gasteiger partial charge on any atom is -0.463 e. The van der Waals surface area contributed by atoms with E-state index >= 15 is 0 Å². The van der Waals surface area contributed by atoms with E-state index in [-0.39, 0.29) is 43.9 Å². The Bertz CT molecular complexity index is 1230. The minimum absolute atomic E-state index is 0. The molecule has 2 amide bonds. The number of hydrogen-bond acceptors (Lipinski definition) is 15. The highest BCUT2D eigenvalue weighted by atomic mass is 16.6. The molecular formula is C54H116N8O9. The first-order chi connectivity index (χ1) is 33.0. The number of likely N-dealkylation sites (N-methyl/N-ethyl adjacent to an activating group) is 1. The summed E-state index contributed by atoms with van der Waals surface area (Å²) in [6.07, 6.45) is 5.90. The van der Waals surface area contributed by atoms with E-state index in [1.54, 1.807) is 23.9 Å². The molecule has 0 aromatic rings. The standard InChI is InChI=1S/C13H28N2O.C12H24N2O2.C10H22N2O2.C10H21NO2.C8H17NO2.CH4/c1-12(2)15-9-7-14(8-10-15)6-5-11-16-13(3)4;1-11(2)16-12(15)5-4-6-14-9-7-13(3)8-10-14;1-9(2)14-10(13)12(5)8-6-7-11(3)4;1-10(2)13-7-3-4-11-5-8-12-9-6-11;1-5-6-9(4)8(10)11-7(2)3;/h12-13H,5-11H2,1-4H3;11H,4-10H2,1-3H3;9H,6-8H2,1-5H3;10H,3-9H2,1-2H3;7H,5-6H2,1-4H3;1H4. The van der Waals surface area contributed by atoms with Crippen molar-refractivity contribution in [3.05, 3.63) is 0 Å². The first-order valence-corrected chi connectivity index (χ1v) is 27.0. The second-order valence-corrected chi connectivity index (χ2v) is 20.6. The van der Waals surface area contributed by atoms with Crippen LogP contribution in [-0.2, 0) is 33.2 Å². The van der Waals surface area contributed by atoms with E-state index in [0.717, 1.165) is 124 Å². The second kappa shape index (κ2) is 46.2. The Balaban J connectivity index is -0.000000816. The van der Waals surface area contributed by atoms with E-state index in [0.29, 0.717) is 24.7 Å². The zero-order chi connectivity index (χ0) is 53.4. The Labute approximate surface area is 437 Å². The van der Waals surface area contributed by atoms with Crippen LogP contribution in [-0.4, -0.2) is 260 Å². The molecule has 17 nitrogen and oxygen atoms in total. The van der Waals surface area contributed by atoms with Gasteiger partial charge in [-0.1, -0.05) is 14.4 Å². The molecule has 3 aliphatic rings. The number of carbonyl (C=O) groups is 3. The third-order valence-corrected chi connectivity index (χ3v) is 11.2. The van der Waals surface area contributed by atoms with Crippen molar-refractivity contribution in [2.24, 2.45) is 0 Å². The predicted octanol–water partition coefficient (Wildman–Crippen LogP) is 7.85. The summed E-state index contributed by atoms with van der Waals surface area (Å²) < 4.78 is 31.4.